The first-order chi connectivity index (χ1) is 9.38. The van der Waals surface area contributed by atoms with Gasteiger partial charge < -0.3 is 10.3 Å². The SMILES string of the molecule is CCCNc1ncnc2nc(-c3ccccc3)[nH]c12. The van der Waals surface area contributed by atoms with Gasteiger partial charge in [-0.3, -0.25) is 0 Å². The molecule has 0 aliphatic rings. The first-order valence-corrected chi connectivity index (χ1v) is 6.38. The number of nitrogens with zero attached hydrogens (tertiary/aromatic N) is 3. The summed E-state index contributed by atoms with van der Waals surface area (Å²) in [5, 5.41) is 3.28. The molecule has 5 heteroatoms. The van der Waals surface area contributed by atoms with Crippen molar-refractivity contribution in [3.05, 3.63) is 36.7 Å². The van der Waals surface area contributed by atoms with Crippen molar-refractivity contribution < 1.29 is 0 Å². The zero-order chi connectivity index (χ0) is 13.1. The summed E-state index contributed by atoms with van der Waals surface area (Å²) in [4.78, 5) is 16.3. The standard InChI is InChI=1S/C14H15N5/c1-2-8-15-13-11-14(17-9-16-13)19-12(18-11)10-6-4-3-5-7-10/h3-7,9H,2,8H2,1H3,(H2,15,16,17,18,19). The van der Waals surface area contributed by atoms with Crippen molar-refractivity contribution in [2.24, 2.45) is 0 Å². The molecule has 0 fully saturated rings. The second-order valence-electron chi connectivity index (χ2n) is 4.30. The van der Waals surface area contributed by atoms with E-state index >= 15 is 0 Å². The Morgan fingerprint density at radius 3 is 2.79 bits per heavy atom. The van der Waals surface area contributed by atoms with Crippen LogP contribution in [0.15, 0.2) is 36.7 Å². The van der Waals surface area contributed by atoms with Gasteiger partial charge in [0.2, 0.25) is 0 Å². The van der Waals surface area contributed by atoms with Crippen LogP contribution in [-0.4, -0.2) is 26.5 Å². The summed E-state index contributed by atoms with van der Waals surface area (Å²) in [6.45, 7) is 3.00. The van der Waals surface area contributed by atoms with Crippen molar-refractivity contribution in [1.29, 1.82) is 0 Å². The van der Waals surface area contributed by atoms with Crippen LogP contribution in [0.2, 0.25) is 0 Å². The zero-order valence-corrected chi connectivity index (χ0v) is 10.7. The van der Waals surface area contributed by atoms with Gasteiger partial charge in [-0.25, -0.2) is 15.0 Å². The number of rotatable bonds is 4. The molecule has 0 saturated heterocycles. The molecule has 2 aromatic heterocycles. The van der Waals surface area contributed by atoms with Gasteiger partial charge in [-0.15, -0.1) is 0 Å². The number of aromatic nitrogens is 4. The van der Waals surface area contributed by atoms with E-state index in [1.165, 1.54) is 6.33 Å². The summed E-state index contributed by atoms with van der Waals surface area (Å²) in [5.41, 5.74) is 2.59. The van der Waals surface area contributed by atoms with Gasteiger partial charge in [0.05, 0.1) is 0 Å². The van der Waals surface area contributed by atoms with Gasteiger partial charge in [0.25, 0.3) is 0 Å². The van der Waals surface area contributed by atoms with Crippen LogP contribution in [-0.2, 0) is 0 Å². The molecule has 0 bridgehead atoms. The van der Waals surface area contributed by atoms with Crippen LogP contribution in [0.1, 0.15) is 13.3 Å². The lowest BCUT2D eigenvalue weighted by Crippen LogP contribution is -2.02. The van der Waals surface area contributed by atoms with E-state index in [1.54, 1.807) is 0 Å². The molecule has 0 amide bonds. The fraction of sp³-hybridized carbons (Fsp3) is 0.214. The molecule has 2 N–H and O–H groups in total. The summed E-state index contributed by atoms with van der Waals surface area (Å²) in [6.07, 6.45) is 2.58. The summed E-state index contributed by atoms with van der Waals surface area (Å²) >= 11 is 0. The van der Waals surface area contributed by atoms with Crippen LogP contribution in [0.25, 0.3) is 22.6 Å². The van der Waals surface area contributed by atoms with E-state index in [0.717, 1.165) is 35.7 Å². The number of anilines is 1. The van der Waals surface area contributed by atoms with E-state index in [2.05, 4.69) is 32.2 Å². The lowest BCUT2D eigenvalue weighted by atomic mass is 10.2. The Kier molecular flexibility index (Phi) is 3.10. The second-order valence-corrected chi connectivity index (χ2v) is 4.30. The number of fused-ring (bicyclic) bond motifs is 1. The van der Waals surface area contributed by atoms with E-state index in [-0.39, 0.29) is 0 Å². The van der Waals surface area contributed by atoms with E-state index in [9.17, 15) is 0 Å². The number of imidazole rings is 1. The summed E-state index contributed by atoms with van der Waals surface area (Å²) < 4.78 is 0. The van der Waals surface area contributed by atoms with Crippen LogP contribution in [0.4, 0.5) is 5.82 Å². The van der Waals surface area contributed by atoms with Gasteiger partial charge in [-0.1, -0.05) is 37.3 Å². The predicted molar refractivity (Wildman–Crippen MR) is 75.9 cm³/mol. The first-order valence-electron chi connectivity index (χ1n) is 6.38. The molecule has 0 radical (unpaired) electrons. The predicted octanol–water partition coefficient (Wildman–Crippen LogP) is 2.84. The topological polar surface area (TPSA) is 66.5 Å². The molecule has 1 aromatic carbocycles. The fourth-order valence-electron chi connectivity index (χ4n) is 1.94. The highest BCUT2D eigenvalue weighted by atomic mass is 15.1. The highest BCUT2D eigenvalue weighted by Gasteiger charge is 2.10. The van der Waals surface area contributed by atoms with Gasteiger partial charge in [-0.05, 0) is 6.42 Å². The highest BCUT2D eigenvalue weighted by Crippen LogP contribution is 2.22. The van der Waals surface area contributed by atoms with Crippen LogP contribution in [0, 0.1) is 0 Å². The van der Waals surface area contributed by atoms with Gasteiger partial charge >= 0.3 is 0 Å². The molecule has 2 heterocycles. The van der Waals surface area contributed by atoms with Crippen molar-refractivity contribution in [3.8, 4) is 11.4 Å². The van der Waals surface area contributed by atoms with Gasteiger partial charge in [0, 0.05) is 12.1 Å². The lowest BCUT2D eigenvalue weighted by Gasteiger charge is -2.02. The third-order valence-electron chi connectivity index (χ3n) is 2.88. The molecule has 0 aliphatic heterocycles. The number of hydrogen-bond donors (Lipinski definition) is 2. The molecule has 19 heavy (non-hydrogen) atoms. The van der Waals surface area contributed by atoms with E-state index in [4.69, 9.17) is 0 Å². The van der Waals surface area contributed by atoms with Gasteiger partial charge in [0.15, 0.2) is 11.5 Å². The molecule has 0 spiro atoms. The minimum atomic E-state index is 0.687. The molecular weight excluding hydrogens is 238 g/mol. The maximum atomic E-state index is 4.51. The van der Waals surface area contributed by atoms with Crippen molar-refractivity contribution >= 4 is 17.0 Å². The zero-order valence-electron chi connectivity index (χ0n) is 10.7. The van der Waals surface area contributed by atoms with Gasteiger partial charge in [-0.2, -0.15) is 0 Å². The Morgan fingerprint density at radius 1 is 1.16 bits per heavy atom. The van der Waals surface area contributed by atoms with Crippen molar-refractivity contribution in [3.63, 3.8) is 0 Å². The smallest absolute Gasteiger partial charge is 0.183 e. The number of aromatic amines is 1. The van der Waals surface area contributed by atoms with Crippen LogP contribution < -0.4 is 5.32 Å². The van der Waals surface area contributed by atoms with Crippen LogP contribution >= 0.6 is 0 Å². The minimum absolute atomic E-state index is 0.687. The number of nitrogens with one attached hydrogen (secondary N) is 2. The molecule has 96 valence electrons. The molecule has 5 nitrogen and oxygen atoms in total. The Bertz CT molecular complexity index is 675. The quantitative estimate of drug-likeness (QED) is 0.750. The summed E-state index contributed by atoms with van der Waals surface area (Å²) in [5.74, 6) is 1.62. The first kappa shape index (κ1) is 11.6. The molecule has 0 atom stereocenters. The number of benzene rings is 1. The van der Waals surface area contributed by atoms with E-state index in [0.29, 0.717) is 5.65 Å². The minimum Gasteiger partial charge on any atom is -0.368 e. The Labute approximate surface area is 111 Å². The highest BCUT2D eigenvalue weighted by molar-refractivity contribution is 5.85. The monoisotopic (exact) mass is 253 g/mol. The van der Waals surface area contributed by atoms with Crippen molar-refractivity contribution in [1.82, 2.24) is 19.9 Å². The average molecular weight is 253 g/mol. The van der Waals surface area contributed by atoms with E-state index < -0.39 is 0 Å². The largest absolute Gasteiger partial charge is 0.368 e. The third-order valence-corrected chi connectivity index (χ3v) is 2.88. The Hall–Kier alpha value is -2.43. The van der Waals surface area contributed by atoms with Crippen LogP contribution in [0.3, 0.4) is 0 Å². The maximum absolute atomic E-state index is 4.51. The van der Waals surface area contributed by atoms with Crippen LogP contribution in [0.5, 0.6) is 0 Å². The lowest BCUT2D eigenvalue weighted by molar-refractivity contribution is 0.968. The van der Waals surface area contributed by atoms with E-state index in [1.807, 2.05) is 30.3 Å². The fourth-order valence-corrected chi connectivity index (χ4v) is 1.94. The molecule has 0 unspecified atom stereocenters. The molecule has 0 aliphatic carbocycles. The third kappa shape index (κ3) is 2.27. The Morgan fingerprint density at radius 2 is 2.00 bits per heavy atom. The second kappa shape index (κ2) is 5.06. The molecular formula is C14H15N5. The van der Waals surface area contributed by atoms with Crippen molar-refractivity contribution in [2.75, 3.05) is 11.9 Å². The molecule has 3 rings (SSSR count). The Balaban J connectivity index is 2.05. The normalized spacial score (nSPS) is 10.8. The summed E-state index contributed by atoms with van der Waals surface area (Å²) in [6, 6.07) is 10.0. The maximum Gasteiger partial charge on any atom is 0.183 e. The molecule has 3 aromatic rings. The van der Waals surface area contributed by atoms with Gasteiger partial charge in [0.1, 0.15) is 17.7 Å². The average Bonchev–Trinajstić information content (AvgIpc) is 2.90. The van der Waals surface area contributed by atoms with Crippen molar-refractivity contribution in [2.45, 2.75) is 13.3 Å². The molecule has 0 saturated carbocycles. The summed E-state index contributed by atoms with van der Waals surface area (Å²) in [7, 11) is 0. The number of hydrogen-bond acceptors (Lipinski definition) is 4. The number of H-pyrrole nitrogens is 1.